The highest BCUT2D eigenvalue weighted by Crippen LogP contribution is 2.22. The van der Waals surface area contributed by atoms with E-state index in [0.29, 0.717) is 11.3 Å². The molecule has 0 fully saturated rings. The molecule has 2 N–H and O–H groups in total. The molecule has 0 radical (unpaired) electrons. The van der Waals surface area contributed by atoms with Crippen molar-refractivity contribution in [2.24, 2.45) is 0 Å². The molecule has 0 atom stereocenters. The summed E-state index contributed by atoms with van der Waals surface area (Å²) in [7, 11) is 0. The molecule has 3 heteroatoms. The fraction of sp³-hybridized carbons (Fsp3) is 0.562. The van der Waals surface area contributed by atoms with Crippen LogP contribution in [0.15, 0.2) is 18.2 Å². The number of anilines is 2. The molecular formula is C16H26N2O. The zero-order valence-electron chi connectivity index (χ0n) is 12.4. The number of unbranched alkanes of at least 4 members (excludes halogenated alkanes) is 2. The lowest BCUT2D eigenvalue weighted by molar-refractivity contribution is 0.101. The summed E-state index contributed by atoms with van der Waals surface area (Å²) in [6, 6.07) is 5.79. The number of benzene rings is 1. The van der Waals surface area contributed by atoms with Gasteiger partial charge in [-0.25, -0.2) is 0 Å². The van der Waals surface area contributed by atoms with Gasteiger partial charge >= 0.3 is 0 Å². The van der Waals surface area contributed by atoms with Crippen molar-refractivity contribution in [3.63, 3.8) is 0 Å². The maximum Gasteiger partial charge on any atom is 0.161 e. The molecule has 106 valence electrons. The summed E-state index contributed by atoms with van der Waals surface area (Å²) in [4.78, 5) is 13.8. The quantitative estimate of drug-likeness (QED) is 0.571. The Balaban J connectivity index is 2.88. The molecule has 0 spiro atoms. The molecule has 1 aromatic carbocycles. The topological polar surface area (TPSA) is 46.3 Å². The first-order valence-electron chi connectivity index (χ1n) is 7.25. The minimum atomic E-state index is 0.0257. The predicted octanol–water partition coefficient (Wildman–Crippen LogP) is 3.88. The Morgan fingerprint density at radius 2 is 1.74 bits per heavy atom. The van der Waals surface area contributed by atoms with Crippen molar-refractivity contribution in [1.82, 2.24) is 0 Å². The van der Waals surface area contributed by atoms with E-state index in [1.54, 1.807) is 6.92 Å². The highest BCUT2D eigenvalue weighted by Gasteiger charge is 2.10. The number of ketones is 1. The van der Waals surface area contributed by atoms with Crippen LogP contribution in [-0.2, 0) is 0 Å². The number of Topliss-reactive ketones (excluding diaryl/α,β-unsaturated/α-hetero) is 1. The number of nitrogen functional groups attached to an aromatic ring is 1. The van der Waals surface area contributed by atoms with E-state index in [9.17, 15) is 4.79 Å². The monoisotopic (exact) mass is 262 g/mol. The second kappa shape index (κ2) is 7.82. The van der Waals surface area contributed by atoms with E-state index in [1.165, 1.54) is 25.7 Å². The van der Waals surface area contributed by atoms with Gasteiger partial charge in [-0.3, -0.25) is 4.79 Å². The Labute approximate surface area is 116 Å². The summed E-state index contributed by atoms with van der Waals surface area (Å²) in [5, 5.41) is 0. The summed E-state index contributed by atoms with van der Waals surface area (Å²) in [5.74, 6) is 0.0257. The number of hydrogen-bond donors (Lipinski definition) is 1. The average molecular weight is 262 g/mol. The van der Waals surface area contributed by atoms with E-state index in [1.807, 2.05) is 18.2 Å². The molecule has 0 amide bonds. The molecular weight excluding hydrogens is 236 g/mol. The molecule has 19 heavy (non-hydrogen) atoms. The first-order valence-corrected chi connectivity index (χ1v) is 7.25. The van der Waals surface area contributed by atoms with E-state index in [-0.39, 0.29) is 5.78 Å². The average Bonchev–Trinajstić information content (AvgIpc) is 2.38. The Morgan fingerprint density at radius 3 is 2.16 bits per heavy atom. The van der Waals surface area contributed by atoms with Gasteiger partial charge in [0, 0.05) is 30.0 Å². The standard InChI is InChI=1S/C16H26N2O/c1-4-6-10-18(11-7-5-2)14-8-9-15(13(3)19)16(17)12-14/h8-9,12H,4-7,10-11,17H2,1-3H3. The molecule has 0 unspecified atom stereocenters. The van der Waals surface area contributed by atoms with Crippen molar-refractivity contribution in [3.05, 3.63) is 23.8 Å². The predicted molar refractivity (Wildman–Crippen MR) is 82.9 cm³/mol. The highest BCUT2D eigenvalue weighted by molar-refractivity contribution is 5.99. The molecule has 1 rings (SSSR count). The van der Waals surface area contributed by atoms with Crippen LogP contribution in [0, 0.1) is 0 Å². The van der Waals surface area contributed by atoms with Gasteiger partial charge in [0.15, 0.2) is 5.78 Å². The summed E-state index contributed by atoms with van der Waals surface area (Å²) >= 11 is 0. The summed E-state index contributed by atoms with van der Waals surface area (Å²) in [6.07, 6.45) is 4.73. The molecule has 3 nitrogen and oxygen atoms in total. The minimum absolute atomic E-state index is 0.0257. The maximum atomic E-state index is 11.4. The second-order valence-electron chi connectivity index (χ2n) is 5.02. The Bertz CT molecular complexity index is 407. The van der Waals surface area contributed by atoms with Crippen LogP contribution < -0.4 is 10.6 Å². The van der Waals surface area contributed by atoms with Gasteiger partial charge in [0.25, 0.3) is 0 Å². The first-order chi connectivity index (χ1) is 9.10. The van der Waals surface area contributed by atoms with Crippen molar-refractivity contribution in [3.8, 4) is 0 Å². The maximum absolute atomic E-state index is 11.4. The van der Waals surface area contributed by atoms with Crippen LogP contribution in [0.1, 0.15) is 56.8 Å². The van der Waals surface area contributed by atoms with Crippen molar-refractivity contribution >= 4 is 17.2 Å². The molecule has 0 bridgehead atoms. The van der Waals surface area contributed by atoms with Crippen molar-refractivity contribution in [1.29, 1.82) is 0 Å². The molecule has 0 heterocycles. The van der Waals surface area contributed by atoms with Gasteiger partial charge < -0.3 is 10.6 Å². The molecule has 0 aliphatic carbocycles. The fourth-order valence-corrected chi connectivity index (χ4v) is 2.14. The van der Waals surface area contributed by atoms with Crippen LogP contribution in [0.5, 0.6) is 0 Å². The lowest BCUT2D eigenvalue weighted by Crippen LogP contribution is -2.25. The Morgan fingerprint density at radius 1 is 1.16 bits per heavy atom. The largest absolute Gasteiger partial charge is 0.398 e. The highest BCUT2D eigenvalue weighted by atomic mass is 16.1. The number of rotatable bonds is 8. The van der Waals surface area contributed by atoms with Crippen molar-refractivity contribution in [2.75, 3.05) is 23.7 Å². The smallest absolute Gasteiger partial charge is 0.161 e. The van der Waals surface area contributed by atoms with Crippen LogP contribution in [0.2, 0.25) is 0 Å². The van der Waals surface area contributed by atoms with Crippen LogP contribution in [-0.4, -0.2) is 18.9 Å². The second-order valence-corrected chi connectivity index (χ2v) is 5.02. The van der Waals surface area contributed by atoms with Crippen molar-refractivity contribution in [2.45, 2.75) is 46.5 Å². The van der Waals surface area contributed by atoms with E-state index >= 15 is 0 Å². The summed E-state index contributed by atoms with van der Waals surface area (Å²) in [6.45, 7) is 8.05. The van der Waals surface area contributed by atoms with Gasteiger partial charge in [0.05, 0.1) is 0 Å². The van der Waals surface area contributed by atoms with Crippen LogP contribution in [0.4, 0.5) is 11.4 Å². The van der Waals surface area contributed by atoms with Gasteiger partial charge in [0.2, 0.25) is 0 Å². The van der Waals surface area contributed by atoms with E-state index in [0.717, 1.165) is 18.8 Å². The molecule has 0 saturated carbocycles. The molecule has 0 aromatic heterocycles. The van der Waals surface area contributed by atoms with E-state index in [4.69, 9.17) is 5.73 Å². The van der Waals surface area contributed by atoms with Crippen LogP contribution >= 0.6 is 0 Å². The van der Waals surface area contributed by atoms with Crippen molar-refractivity contribution < 1.29 is 4.79 Å². The van der Waals surface area contributed by atoms with E-state index < -0.39 is 0 Å². The Hall–Kier alpha value is -1.51. The van der Waals surface area contributed by atoms with Gasteiger partial charge in [0.1, 0.15) is 0 Å². The zero-order valence-corrected chi connectivity index (χ0v) is 12.4. The first kappa shape index (κ1) is 15.5. The fourth-order valence-electron chi connectivity index (χ4n) is 2.14. The van der Waals surface area contributed by atoms with Gasteiger partial charge in [-0.05, 0) is 38.0 Å². The number of hydrogen-bond acceptors (Lipinski definition) is 3. The third-order valence-corrected chi connectivity index (χ3v) is 3.34. The number of carbonyl (C=O) groups is 1. The van der Waals surface area contributed by atoms with Gasteiger partial charge in [-0.1, -0.05) is 26.7 Å². The third-order valence-electron chi connectivity index (χ3n) is 3.34. The lowest BCUT2D eigenvalue weighted by atomic mass is 10.1. The molecule has 0 aliphatic rings. The van der Waals surface area contributed by atoms with Crippen LogP contribution in [0.3, 0.4) is 0 Å². The van der Waals surface area contributed by atoms with Crippen LogP contribution in [0.25, 0.3) is 0 Å². The zero-order chi connectivity index (χ0) is 14.3. The summed E-state index contributed by atoms with van der Waals surface area (Å²) in [5.41, 5.74) is 8.31. The molecule has 0 saturated heterocycles. The van der Waals surface area contributed by atoms with E-state index in [2.05, 4.69) is 18.7 Å². The van der Waals surface area contributed by atoms with Gasteiger partial charge in [-0.15, -0.1) is 0 Å². The normalized spacial score (nSPS) is 10.5. The SMILES string of the molecule is CCCCN(CCCC)c1ccc(C(C)=O)c(N)c1. The Kier molecular flexibility index (Phi) is 6.40. The lowest BCUT2D eigenvalue weighted by Gasteiger charge is -2.25. The van der Waals surface area contributed by atoms with Gasteiger partial charge in [-0.2, -0.15) is 0 Å². The molecule has 1 aromatic rings. The minimum Gasteiger partial charge on any atom is -0.398 e. The number of nitrogens with zero attached hydrogens (tertiary/aromatic N) is 1. The number of carbonyl (C=O) groups excluding carboxylic acids is 1. The third kappa shape index (κ3) is 4.58. The number of nitrogens with two attached hydrogens (primary N) is 1. The summed E-state index contributed by atoms with van der Waals surface area (Å²) < 4.78 is 0. The molecule has 0 aliphatic heterocycles.